The fraction of sp³-hybridized carbons (Fsp3) is 0.562. The molecular weight excluding hydrogens is 300 g/mol. The summed E-state index contributed by atoms with van der Waals surface area (Å²) >= 11 is 1.69. The van der Waals surface area contributed by atoms with E-state index < -0.39 is 6.04 Å². The Labute approximate surface area is 136 Å². The minimum absolute atomic E-state index is 0.0772. The fourth-order valence-corrected chi connectivity index (χ4v) is 2.56. The smallest absolute Gasteiger partial charge is 0.236 e. The summed E-state index contributed by atoms with van der Waals surface area (Å²) in [5, 5.41) is 2.88. The minimum Gasteiger partial charge on any atom is -0.497 e. The van der Waals surface area contributed by atoms with Crippen LogP contribution in [-0.4, -0.2) is 44.7 Å². The second-order valence-electron chi connectivity index (χ2n) is 4.96. The molecule has 3 N–H and O–H groups in total. The van der Waals surface area contributed by atoms with Crippen molar-refractivity contribution in [2.75, 3.05) is 32.8 Å². The number of thioether (sulfide) groups is 1. The zero-order chi connectivity index (χ0) is 16.4. The Morgan fingerprint density at radius 1 is 1.36 bits per heavy atom. The van der Waals surface area contributed by atoms with Gasteiger partial charge in [-0.05, 0) is 55.0 Å². The zero-order valence-corrected chi connectivity index (χ0v) is 14.4. The summed E-state index contributed by atoms with van der Waals surface area (Å²) in [6, 6.07) is 5.31. The van der Waals surface area contributed by atoms with Gasteiger partial charge < -0.3 is 20.5 Å². The molecule has 0 radical (unpaired) electrons. The minimum atomic E-state index is -0.418. The predicted molar refractivity (Wildman–Crippen MR) is 91.9 cm³/mol. The molecule has 5 nitrogen and oxygen atoms in total. The van der Waals surface area contributed by atoms with Crippen LogP contribution in [0.25, 0.3) is 0 Å². The first-order valence-electron chi connectivity index (χ1n) is 7.35. The topological polar surface area (TPSA) is 73.6 Å². The molecule has 22 heavy (non-hydrogen) atoms. The van der Waals surface area contributed by atoms with Crippen LogP contribution < -0.4 is 20.5 Å². The summed E-state index contributed by atoms with van der Waals surface area (Å²) < 4.78 is 10.6. The van der Waals surface area contributed by atoms with Crippen molar-refractivity contribution in [3.05, 3.63) is 23.8 Å². The first kappa shape index (κ1) is 18.6. The predicted octanol–water partition coefficient (Wildman–Crippen LogP) is 1.83. The van der Waals surface area contributed by atoms with Crippen molar-refractivity contribution in [3.63, 3.8) is 0 Å². The maximum Gasteiger partial charge on any atom is 0.236 e. The van der Waals surface area contributed by atoms with Crippen LogP contribution in [0.3, 0.4) is 0 Å². The lowest BCUT2D eigenvalue weighted by atomic mass is 10.1. The molecule has 1 rings (SSSR count). The Hall–Kier alpha value is -1.40. The molecule has 0 fully saturated rings. The van der Waals surface area contributed by atoms with Crippen molar-refractivity contribution >= 4 is 17.7 Å². The number of hydrogen-bond acceptors (Lipinski definition) is 5. The monoisotopic (exact) mass is 326 g/mol. The summed E-state index contributed by atoms with van der Waals surface area (Å²) in [7, 11) is 3.29. The Morgan fingerprint density at radius 2 is 2.14 bits per heavy atom. The molecule has 1 aromatic carbocycles. The third kappa shape index (κ3) is 6.15. The molecule has 0 spiro atoms. The van der Waals surface area contributed by atoms with E-state index >= 15 is 0 Å². The standard InChI is InChI=1S/C16H26N2O3S/c1-20-13-6-7-15(21-2)12(11-13)5-4-9-18-16(19)14(17)8-10-22-3/h6-7,11,14H,4-5,8-10,17H2,1-3H3,(H,18,19). The molecule has 0 aliphatic heterocycles. The van der Waals surface area contributed by atoms with Gasteiger partial charge >= 0.3 is 0 Å². The lowest BCUT2D eigenvalue weighted by Gasteiger charge is -2.13. The molecule has 1 aromatic rings. The molecule has 1 atom stereocenters. The molecule has 124 valence electrons. The number of nitrogens with one attached hydrogen (secondary N) is 1. The van der Waals surface area contributed by atoms with Crippen molar-refractivity contribution in [2.24, 2.45) is 5.73 Å². The molecule has 1 unspecified atom stereocenters. The van der Waals surface area contributed by atoms with E-state index in [0.29, 0.717) is 13.0 Å². The van der Waals surface area contributed by atoms with Crippen molar-refractivity contribution < 1.29 is 14.3 Å². The average molecular weight is 326 g/mol. The van der Waals surface area contributed by atoms with Crippen molar-refractivity contribution in [1.82, 2.24) is 5.32 Å². The number of carbonyl (C=O) groups excluding carboxylic acids is 1. The van der Waals surface area contributed by atoms with Crippen LogP contribution in [0.1, 0.15) is 18.4 Å². The highest BCUT2D eigenvalue weighted by molar-refractivity contribution is 7.98. The first-order chi connectivity index (χ1) is 10.6. The Bertz CT molecular complexity index is 469. The van der Waals surface area contributed by atoms with Crippen molar-refractivity contribution in [1.29, 1.82) is 0 Å². The van der Waals surface area contributed by atoms with Crippen LogP contribution in [0.15, 0.2) is 18.2 Å². The Balaban J connectivity index is 2.39. The maximum absolute atomic E-state index is 11.8. The van der Waals surface area contributed by atoms with Gasteiger partial charge in [-0.25, -0.2) is 0 Å². The van der Waals surface area contributed by atoms with E-state index in [4.69, 9.17) is 15.2 Å². The van der Waals surface area contributed by atoms with E-state index in [1.165, 1.54) is 0 Å². The van der Waals surface area contributed by atoms with E-state index in [1.54, 1.807) is 26.0 Å². The van der Waals surface area contributed by atoms with Crippen LogP contribution >= 0.6 is 11.8 Å². The molecule has 0 aliphatic carbocycles. The number of ether oxygens (including phenoxy) is 2. The van der Waals surface area contributed by atoms with E-state index in [-0.39, 0.29) is 5.91 Å². The van der Waals surface area contributed by atoms with Gasteiger partial charge in [-0.1, -0.05) is 0 Å². The number of amides is 1. The van der Waals surface area contributed by atoms with Crippen LogP contribution in [0.2, 0.25) is 0 Å². The molecule has 0 saturated heterocycles. The highest BCUT2D eigenvalue weighted by atomic mass is 32.2. The van der Waals surface area contributed by atoms with Gasteiger partial charge in [0, 0.05) is 6.54 Å². The van der Waals surface area contributed by atoms with Gasteiger partial charge in [-0.2, -0.15) is 11.8 Å². The number of nitrogens with two attached hydrogens (primary N) is 1. The van der Waals surface area contributed by atoms with Crippen molar-refractivity contribution in [3.8, 4) is 11.5 Å². The molecule has 0 aromatic heterocycles. The second kappa shape index (κ2) is 10.3. The van der Waals surface area contributed by atoms with Gasteiger partial charge in [0.25, 0.3) is 0 Å². The summed E-state index contributed by atoms with van der Waals surface area (Å²) in [5.74, 6) is 2.46. The molecule has 0 bridgehead atoms. The number of carbonyl (C=O) groups is 1. The van der Waals surface area contributed by atoms with Crippen LogP contribution in [0.5, 0.6) is 11.5 Å². The van der Waals surface area contributed by atoms with Gasteiger partial charge in [0.05, 0.1) is 20.3 Å². The molecular formula is C16H26N2O3S. The summed E-state index contributed by atoms with van der Waals surface area (Å²) in [6.45, 7) is 0.603. The van der Waals surface area contributed by atoms with Gasteiger partial charge in [0.15, 0.2) is 0 Å². The number of rotatable bonds is 10. The average Bonchev–Trinajstić information content (AvgIpc) is 2.55. The van der Waals surface area contributed by atoms with E-state index in [0.717, 1.165) is 35.7 Å². The van der Waals surface area contributed by atoms with E-state index in [9.17, 15) is 4.79 Å². The molecule has 6 heteroatoms. The zero-order valence-electron chi connectivity index (χ0n) is 13.6. The summed E-state index contributed by atoms with van der Waals surface area (Å²) in [5.41, 5.74) is 6.89. The van der Waals surface area contributed by atoms with E-state index in [1.807, 2.05) is 24.5 Å². The number of benzene rings is 1. The van der Waals surface area contributed by atoms with Gasteiger partial charge in [0.1, 0.15) is 11.5 Å². The molecule has 0 heterocycles. The van der Waals surface area contributed by atoms with E-state index in [2.05, 4.69) is 5.32 Å². The largest absolute Gasteiger partial charge is 0.497 e. The molecule has 0 saturated carbocycles. The Kier molecular flexibility index (Phi) is 8.77. The lowest BCUT2D eigenvalue weighted by Crippen LogP contribution is -2.41. The fourth-order valence-electron chi connectivity index (χ4n) is 2.07. The second-order valence-corrected chi connectivity index (χ2v) is 5.95. The van der Waals surface area contributed by atoms with Crippen LogP contribution in [0, 0.1) is 0 Å². The number of aryl methyl sites for hydroxylation is 1. The molecule has 1 amide bonds. The van der Waals surface area contributed by atoms with Gasteiger partial charge in [0.2, 0.25) is 5.91 Å². The SMILES string of the molecule is COc1ccc(OC)c(CCCNC(=O)C(N)CCSC)c1. The Morgan fingerprint density at radius 3 is 2.77 bits per heavy atom. The molecule has 0 aliphatic rings. The highest BCUT2D eigenvalue weighted by Crippen LogP contribution is 2.24. The summed E-state index contributed by atoms with van der Waals surface area (Å²) in [6.07, 6.45) is 4.34. The maximum atomic E-state index is 11.8. The number of methoxy groups -OCH3 is 2. The van der Waals surface area contributed by atoms with Crippen LogP contribution in [0.4, 0.5) is 0 Å². The lowest BCUT2D eigenvalue weighted by molar-refractivity contribution is -0.122. The third-order valence-electron chi connectivity index (χ3n) is 3.38. The summed E-state index contributed by atoms with van der Waals surface area (Å²) in [4.78, 5) is 11.8. The quantitative estimate of drug-likeness (QED) is 0.642. The highest BCUT2D eigenvalue weighted by Gasteiger charge is 2.12. The normalized spacial score (nSPS) is 11.8. The third-order valence-corrected chi connectivity index (χ3v) is 4.02. The van der Waals surface area contributed by atoms with Gasteiger partial charge in [-0.15, -0.1) is 0 Å². The first-order valence-corrected chi connectivity index (χ1v) is 8.75. The van der Waals surface area contributed by atoms with Gasteiger partial charge in [-0.3, -0.25) is 4.79 Å². The van der Waals surface area contributed by atoms with Crippen LogP contribution in [-0.2, 0) is 11.2 Å². The number of hydrogen-bond donors (Lipinski definition) is 2. The van der Waals surface area contributed by atoms with Crippen molar-refractivity contribution in [2.45, 2.75) is 25.3 Å².